The fourth-order valence-electron chi connectivity index (χ4n) is 6.37. The Kier molecular flexibility index (Phi) is 7.10. The van der Waals surface area contributed by atoms with E-state index in [1.165, 1.54) is 38.5 Å². The summed E-state index contributed by atoms with van der Waals surface area (Å²) in [5.74, 6) is 4.07. The number of halogens is 1. The zero-order chi connectivity index (χ0) is 19.5. The van der Waals surface area contributed by atoms with E-state index in [1.54, 1.807) is 14.5 Å². The molecule has 150 valence electrons. The first-order valence-electron chi connectivity index (χ1n) is 10.3. The van der Waals surface area contributed by atoms with Crippen LogP contribution in [0, 0.1) is 27.9 Å². The van der Waals surface area contributed by atoms with Gasteiger partial charge in [0.2, 0.25) is 0 Å². The minimum atomic E-state index is -0.0741. The van der Waals surface area contributed by atoms with Crippen LogP contribution in [0.3, 0.4) is 0 Å². The van der Waals surface area contributed by atoms with Crippen molar-refractivity contribution >= 4 is 30.1 Å². The van der Waals surface area contributed by atoms with E-state index in [2.05, 4.69) is 65.5 Å². The van der Waals surface area contributed by atoms with Crippen molar-refractivity contribution in [1.82, 2.24) is 0 Å². The van der Waals surface area contributed by atoms with E-state index in [-0.39, 0.29) is 17.1 Å². The summed E-state index contributed by atoms with van der Waals surface area (Å²) in [6.45, 7) is 12.3. The average Bonchev–Trinajstić information content (AvgIpc) is 2.70. The second-order valence-electron chi connectivity index (χ2n) is 8.84. The van der Waals surface area contributed by atoms with Crippen molar-refractivity contribution in [3.63, 3.8) is 0 Å². The highest BCUT2D eigenvalue weighted by Crippen LogP contribution is 2.65. The Morgan fingerprint density at radius 1 is 1.22 bits per heavy atom. The highest BCUT2D eigenvalue weighted by Gasteiger charge is 2.60. The number of ether oxygens (including phenoxy) is 2. The third kappa shape index (κ3) is 3.79. The van der Waals surface area contributed by atoms with Gasteiger partial charge in [0.25, 0.3) is 0 Å². The highest BCUT2D eigenvalue weighted by molar-refractivity contribution is 14.2. The molecule has 0 radical (unpaired) electrons. The second-order valence-corrected chi connectivity index (χ2v) is 10.5. The summed E-state index contributed by atoms with van der Waals surface area (Å²) in [4.78, 5) is 0. The molecule has 5 unspecified atom stereocenters. The summed E-state index contributed by atoms with van der Waals surface area (Å²) >= 11 is 2.28. The summed E-state index contributed by atoms with van der Waals surface area (Å²) in [6, 6.07) is 0. The first-order valence-corrected chi connectivity index (χ1v) is 13.6. The van der Waals surface area contributed by atoms with Crippen molar-refractivity contribution in [3.8, 4) is 11.2 Å². The lowest BCUT2D eigenvalue weighted by atomic mass is 9.46. The van der Waals surface area contributed by atoms with Gasteiger partial charge in [0.15, 0.2) is 0 Å². The van der Waals surface area contributed by atoms with Crippen LogP contribution >= 0.6 is 30.1 Å². The maximum Gasteiger partial charge on any atom is 0.0919 e. The summed E-state index contributed by atoms with van der Waals surface area (Å²) in [5.41, 5.74) is 2.25. The first-order chi connectivity index (χ1) is 13.0. The Morgan fingerprint density at radius 2 is 2.04 bits per heavy atom. The fourth-order valence-corrected chi connectivity index (χ4v) is 6.96. The molecule has 2 nitrogen and oxygen atoms in total. The van der Waals surface area contributed by atoms with E-state index >= 15 is 0 Å². The third-order valence-electron chi connectivity index (χ3n) is 7.60. The van der Waals surface area contributed by atoms with Gasteiger partial charge in [-0.25, -0.2) is 0 Å². The van der Waals surface area contributed by atoms with Gasteiger partial charge in [-0.2, -0.15) is 0 Å². The Morgan fingerprint density at radius 3 is 2.81 bits per heavy atom. The van der Waals surface area contributed by atoms with E-state index in [0.717, 1.165) is 26.1 Å². The average molecular weight is 500 g/mol. The lowest BCUT2D eigenvalue weighted by Crippen LogP contribution is -2.62. The summed E-state index contributed by atoms with van der Waals surface area (Å²) < 4.78 is 12.6. The number of hydrogen-bond donors (Lipinski definition) is 0. The molecule has 0 aromatic heterocycles. The molecule has 1 saturated heterocycles. The molecule has 3 fully saturated rings. The van der Waals surface area contributed by atoms with E-state index < -0.39 is 0 Å². The normalized spacial score (nSPS) is 42.7. The van der Waals surface area contributed by atoms with Gasteiger partial charge in [-0.15, -0.1) is 13.2 Å². The van der Waals surface area contributed by atoms with Gasteiger partial charge < -0.3 is 9.47 Å². The Balaban J connectivity index is 0.00000102. The molecule has 1 heterocycles. The maximum absolute atomic E-state index is 6.35. The van der Waals surface area contributed by atoms with Crippen LogP contribution in [-0.2, 0) is 9.47 Å². The summed E-state index contributed by atoms with van der Waals surface area (Å²) in [7, 11) is 1.62. The number of rotatable bonds is 1. The molecule has 4 heteroatoms. The summed E-state index contributed by atoms with van der Waals surface area (Å²) in [6.07, 6.45) is 12.7. The second kappa shape index (κ2) is 8.81. The van der Waals surface area contributed by atoms with Crippen LogP contribution in [-0.4, -0.2) is 24.9 Å². The van der Waals surface area contributed by atoms with Crippen LogP contribution in [0.25, 0.3) is 0 Å². The molecule has 3 aliphatic carbocycles. The van der Waals surface area contributed by atoms with Crippen molar-refractivity contribution in [1.29, 1.82) is 0 Å². The smallest absolute Gasteiger partial charge is 0.0919 e. The fraction of sp³-hybridized carbons (Fsp3) is 0.739. The molecule has 4 rings (SSSR count). The van der Waals surface area contributed by atoms with E-state index in [1.807, 2.05) is 0 Å². The van der Waals surface area contributed by atoms with Crippen LogP contribution in [0.1, 0.15) is 65.2 Å². The highest BCUT2D eigenvalue weighted by atomic mass is 127. The van der Waals surface area contributed by atoms with Gasteiger partial charge in [0, 0.05) is 33.0 Å². The third-order valence-corrected chi connectivity index (χ3v) is 8.49. The predicted molar refractivity (Wildman–Crippen MR) is 124 cm³/mol. The monoisotopic (exact) mass is 500 g/mol. The van der Waals surface area contributed by atoms with E-state index in [4.69, 9.17) is 9.47 Å². The van der Waals surface area contributed by atoms with Crippen LogP contribution in [0.5, 0.6) is 0 Å². The van der Waals surface area contributed by atoms with Crippen LogP contribution < -0.4 is 0 Å². The van der Waals surface area contributed by atoms with E-state index in [9.17, 15) is 0 Å². The van der Waals surface area contributed by atoms with Crippen molar-refractivity contribution in [2.45, 2.75) is 76.9 Å². The van der Waals surface area contributed by atoms with Crippen molar-refractivity contribution in [3.05, 3.63) is 24.8 Å². The molecular formula is C23H33IO2S. The van der Waals surface area contributed by atoms with Crippen LogP contribution in [0.15, 0.2) is 24.8 Å². The lowest BCUT2D eigenvalue weighted by Gasteiger charge is -2.62. The SMILES string of the molecule is C=C.CC12CCC3(C)C4=CCCCC4(CC#CSI)CCC3C1OCCO2. The molecule has 0 N–H and O–H groups in total. The van der Waals surface area contributed by atoms with Crippen LogP contribution in [0.2, 0.25) is 0 Å². The Hall–Kier alpha value is 0.0400. The standard InChI is InChI=1S/C21H29IO2S.C2H4/c1-19-11-12-20(2)18(23-13-14-24-20)16(19)7-10-21(9-5-15-25-22)8-4-3-6-17(19)21;1-2/h6,16,18H,3-4,7-14H2,1-2H3;1-2H2. The zero-order valence-electron chi connectivity index (χ0n) is 16.8. The molecule has 5 atom stereocenters. The molecule has 0 bridgehead atoms. The van der Waals surface area contributed by atoms with Gasteiger partial charge in [-0.3, -0.25) is 0 Å². The topological polar surface area (TPSA) is 18.5 Å². The maximum atomic E-state index is 6.35. The van der Waals surface area contributed by atoms with Gasteiger partial charge in [0.1, 0.15) is 0 Å². The zero-order valence-corrected chi connectivity index (χ0v) is 19.8. The molecule has 0 aromatic rings. The molecule has 4 aliphatic rings. The lowest BCUT2D eigenvalue weighted by molar-refractivity contribution is -0.251. The minimum absolute atomic E-state index is 0.0741. The van der Waals surface area contributed by atoms with Crippen molar-refractivity contribution in [2.75, 3.05) is 13.2 Å². The largest absolute Gasteiger partial charge is 0.373 e. The van der Waals surface area contributed by atoms with Gasteiger partial charge in [0.05, 0.1) is 24.9 Å². The molecule has 1 aliphatic heterocycles. The molecule has 0 amide bonds. The number of hydrogen-bond acceptors (Lipinski definition) is 3. The summed E-state index contributed by atoms with van der Waals surface area (Å²) in [5, 5.41) is 3.24. The number of allylic oxidation sites excluding steroid dienone is 2. The van der Waals surface area contributed by atoms with Crippen molar-refractivity contribution < 1.29 is 9.47 Å². The predicted octanol–water partition coefficient (Wildman–Crippen LogP) is 6.70. The van der Waals surface area contributed by atoms with Crippen molar-refractivity contribution in [2.24, 2.45) is 16.7 Å². The van der Waals surface area contributed by atoms with Crippen LogP contribution in [0.4, 0.5) is 0 Å². The number of fused-ring (bicyclic) bond motifs is 5. The first kappa shape index (κ1) is 21.7. The quantitative estimate of drug-likeness (QED) is 0.227. The Bertz CT molecular complexity index is 638. The Labute approximate surface area is 181 Å². The molecular weight excluding hydrogens is 467 g/mol. The van der Waals surface area contributed by atoms with Gasteiger partial charge >= 0.3 is 0 Å². The minimum Gasteiger partial charge on any atom is -0.373 e. The molecule has 0 aromatic carbocycles. The van der Waals surface area contributed by atoms with Gasteiger partial charge in [-0.1, -0.05) is 24.5 Å². The molecule has 27 heavy (non-hydrogen) atoms. The van der Waals surface area contributed by atoms with Gasteiger partial charge in [-0.05, 0) is 77.4 Å². The molecule has 0 spiro atoms. The molecule has 2 saturated carbocycles. The van der Waals surface area contributed by atoms with E-state index in [0.29, 0.717) is 11.3 Å².